The highest BCUT2D eigenvalue weighted by atomic mass is 32.1. The normalized spacial score (nSPS) is 11.7. The van der Waals surface area contributed by atoms with E-state index in [1.165, 1.54) is 0 Å². The molecule has 2 aromatic carbocycles. The summed E-state index contributed by atoms with van der Waals surface area (Å²) in [6.45, 7) is 2.07. The first kappa shape index (κ1) is 20.6. The fraction of sp³-hybridized carbons (Fsp3) is 0.174. The molecular formula is C23H21NO4S. The zero-order valence-electron chi connectivity index (χ0n) is 15.9. The molecule has 1 unspecified atom stereocenters. The van der Waals surface area contributed by atoms with E-state index in [9.17, 15) is 14.7 Å². The number of carbonyl (C=O) groups is 2. The molecule has 1 atom stereocenters. The van der Waals surface area contributed by atoms with Crippen LogP contribution in [0.5, 0.6) is 0 Å². The van der Waals surface area contributed by atoms with Gasteiger partial charge in [0.2, 0.25) is 0 Å². The van der Waals surface area contributed by atoms with Crippen molar-refractivity contribution >= 4 is 24.0 Å². The van der Waals surface area contributed by atoms with Crippen molar-refractivity contribution in [1.82, 2.24) is 4.57 Å². The third-order valence-electron chi connectivity index (χ3n) is 4.47. The molecule has 1 aromatic heterocycles. The van der Waals surface area contributed by atoms with E-state index < -0.39 is 6.10 Å². The zero-order chi connectivity index (χ0) is 20.8. The van der Waals surface area contributed by atoms with E-state index in [0.717, 1.165) is 5.69 Å². The number of aliphatic hydroxyl groups is 1. The smallest absolute Gasteiger partial charge is 0.338 e. The highest BCUT2D eigenvalue weighted by molar-refractivity contribution is 7.71. The minimum atomic E-state index is -1.01. The number of hydrogen-bond acceptors (Lipinski definition) is 5. The van der Waals surface area contributed by atoms with Crippen molar-refractivity contribution in [3.63, 3.8) is 0 Å². The molecule has 3 rings (SSSR count). The number of carbonyl (C=O) groups excluding carboxylic acids is 2. The summed E-state index contributed by atoms with van der Waals surface area (Å²) >= 11 is 5.55. The standard InChI is InChI=1S/C23H21NO4S/c1-2-28-23(27)17-10-12-18(13-11-17)24-14-6-9-19(22(24)29)21(26)15-20(25)16-7-4-3-5-8-16/h3-14,21,26H,2,15H2,1H3. The van der Waals surface area contributed by atoms with Crippen LogP contribution in [0, 0.1) is 4.64 Å². The van der Waals surface area contributed by atoms with Gasteiger partial charge in [0, 0.05) is 29.4 Å². The molecule has 6 heteroatoms. The molecule has 0 saturated heterocycles. The van der Waals surface area contributed by atoms with Crippen LogP contribution in [0.3, 0.4) is 0 Å². The maximum absolute atomic E-state index is 12.4. The Morgan fingerprint density at radius 2 is 1.69 bits per heavy atom. The molecule has 1 heterocycles. The molecule has 148 valence electrons. The summed E-state index contributed by atoms with van der Waals surface area (Å²) in [5.74, 6) is -0.534. The number of pyridine rings is 1. The van der Waals surface area contributed by atoms with Crippen LogP contribution in [-0.2, 0) is 4.74 Å². The van der Waals surface area contributed by atoms with E-state index >= 15 is 0 Å². The van der Waals surface area contributed by atoms with Gasteiger partial charge in [0.25, 0.3) is 0 Å². The number of nitrogens with zero attached hydrogens (tertiary/aromatic N) is 1. The highest BCUT2D eigenvalue weighted by Gasteiger charge is 2.17. The Kier molecular flexibility index (Phi) is 6.69. The van der Waals surface area contributed by atoms with E-state index in [2.05, 4.69) is 0 Å². The average molecular weight is 407 g/mol. The molecule has 0 aliphatic rings. The molecule has 1 N–H and O–H groups in total. The van der Waals surface area contributed by atoms with Crippen molar-refractivity contribution in [1.29, 1.82) is 0 Å². The van der Waals surface area contributed by atoms with E-state index in [0.29, 0.717) is 27.9 Å². The first-order valence-electron chi connectivity index (χ1n) is 9.26. The fourth-order valence-electron chi connectivity index (χ4n) is 2.97. The van der Waals surface area contributed by atoms with Crippen LogP contribution >= 0.6 is 12.2 Å². The molecular weight excluding hydrogens is 386 g/mol. The van der Waals surface area contributed by atoms with Crippen LogP contribution in [0.25, 0.3) is 5.69 Å². The van der Waals surface area contributed by atoms with Gasteiger partial charge in [0.05, 0.1) is 18.3 Å². The molecule has 0 amide bonds. The minimum absolute atomic E-state index is 0.0561. The second-order valence-electron chi connectivity index (χ2n) is 6.42. The van der Waals surface area contributed by atoms with Gasteiger partial charge in [-0.2, -0.15) is 0 Å². The van der Waals surface area contributed by atoms with Crippen LogP contribution in [0.1, 0.15) is 45.7 Å². The molecule has 0 aliphatic heterocycles. The van der Waals surface area contributed by atoms with Crippen molar-refractivity contribution < 1.29 is 19.4 Å². The number of esters is 1. The summed E-state index contributed by atoms with van der Waals surface area (Å²) in [5, 5.41) is 10.6. The predicted octanol–water partition coefficient (Wildman–Crippen LogP) is 4.69. The lowest BCUT2D eigenvalue weighted by molar-refractivity contribution is 0.0526. The van der Waals surface area contributed by atoms with Gasteiger partial charge in [-0.15, -0.1) is 0 Å². The second-order valence-corrected chi connectivity index (χ2v) is 6.80. The van der Waals surface area contributed by atoms with Crippen molar-refractivity contribution in [2.45, 2.75) is 19.4 Å². The molecule has 3 aromatic rings. The van der Waals surface area contributed by atoms with Gasteiger partial charge >= 0.3 is 5.97 Å². The molecule has 0 aliphatic carbocycles. The van der Waals surface area contributed by atoms with Crippen molar-refractivity contribution in [2.75, 3.05) is 6.61 Å². The molecule has 5 nitrogen and oxygen atoms in total. The van der Waals surface area contributed by atoms with Crippen molar-refractivity contribution in [3.8, 4) is 5.69 Å². The largest absolute Gasteiger partial charge is 0.462 e. The van der Waals surface area contributed by atoms with Crippen molar-refractivity contribution in [3.05, 3.63) is 94.3 Å². The van der Waals surface area contributed by atoms with Gasteiger partial charge in [0.1, 0.15) is 4.64 Å². The number of ketones is 1. The Labute approximate surface area is 174 Å². The van der Waals surface area contributed by atoms with Gasteiger partial charge < -0.3 is 14.4 Å². The molecule has 0 radical (unpaired) electrons. The summed E-state index contributed by atoms with van der Waals surface area (Å²) in [4.78, 5) is 24.2. The number of ether oxygens (including phenoxy) is 1. The first-order chi connectivity index (χ1) is 14.0. The minimum Gasteiger partial charge on any atom is -0.462 e. The van der Waals surface area contributed by atoms with Gasteiger partial charge in [-0.3, -0.25) is 4.79 Å². The zero-order valence-corrected chi connectivity index (χ0v) is 16.8. The van der Waals surface area contributed by atoms with E-state index in [1.54, 1.807) is 78.4 Å². The lowest BCUT2D eigenvalue weighted by Crippen LogP contribution is -2.10. The van der Waals surface area contributed by atoms with Gasteiger partial charge in [-0.05, 0) is 37.3 Å². The summed E-state index contributed by atoms with van der Waals surface area (Å²) in [6.07, 6.45) is 0.706. The van der Waals surface area contributed by atoms with Gasteiger partial charge in [0.15, 0.2) is 5.78 Å². The third-order valence-corrected chi connectivity index (χ3v) is 4.90. The molecule has 0 spiro atoms. The quantitative estimate of drug-likeness (QED) is 0.350. The molecule has 0 bridgehead atoms. The number of rotatable bonds is 7. The van der Waals surface area contributed by atoms with Crippen LogP contribution in [-0.4, -0.2) is 28.0 Å². The van der Waals surface area contributed by atoms with E-state index in [4.69, 9.17) is 17.0 Å². The Morgan fingerprint density at radius 1 is 1.00 bits per heavy atom. The molecule has 29 heavy (non-hydrogen) atoms. The summed E-state index contributed by atoms with van der Waals surface area (Å²) in [6, 6.07) is 19.2. The highest BCUT2D eigenvalue weighted by Crippen LogP contribution is 2.22. The fourth-order valence-corrected chi connectivity index (χ4v) is 3.34. The van der Waals surface area contributed by atoms with Gasteiger partial charge in [-0.25, -0.2) is 4.79 Å². The monoisotopic (exact) mass is 407 g/mol. The third kappa shape index (κ3) is 4.85. The van der Waals surface area contributed by atoms with Crippen molar-refractivity contribution in [2.24, 2.45) is 0 Å². The number of aromatic nitrogens is 1. The Balaban J connectivity index is 1.83. The summed E-state index contributed by atoms with van der Waals surface area (Å²) in [5.41, 5.74) is 2.25. The summed E-state index contributed by atoms with van der Waals surface area (Å²) < 4.78 is 7.13. The first-order valence-corrected chi connectivity index (χ1v) is 9.67. The summed E-state index contributed by atoms with van der Waals surface area (Å²) in [7, 11) is 0. The lowest BCUT2D eigenvalue weighted by Gasteiger charge is -2.15. The number of benzene rings is 2. The molecule has 0 fully saturated rings. The van der Waals surface area contributed by atoms with Crippen LogP contribution in [0.15, 0.2) is 72.9 Å². The Morgan fingerprint density at radius 3 is 2.34 bits per heavy atom. The van der Waals surface area contributed by atoms with Crippen LogP contribution in [0.2, 0.25) is 0 Å². The SMILES string of the molecule is CCOC(=O)c1ccc(-n2cccc(C(O)CC(=O)c3ccccc3)c2=S)cc1. The van der Waals surface area contributed by atoms with Gasteiger partial charge in [-0.1, -0.05) is 48.6 Å². The topological polar surface area (TPSA) is 68.5 Å². The maximum atomic E-state index is 12.4. The Bertz CT molecular complexity index is 1060. The Hall–Kier alpha value is -3.09. The van der Waals surface area contributed by atoms with E-state index in [-0.39, 0.29) is 18.2 Å². The van der Waals surface area contributed by atoms with E-state index in [1.807, 2.05) is 6.07 Å². The number of hydrogen-bond donors (Lipinski definition) is 1. The van der Waals surface area contributed by atoms with Crippen LogP contribution in [0.4, 0.5) is 0 Å². The number of aliphatic hydroxyl groups excluding tert-OH is 1. The molecule has 0 saturated carbocycles. The lowest BCUT2D eigenvalue weighted by atomic mass is 10.0. The van der Waals surface area contributed by atoms with Crippen LogP contribution < -0.4 is 0 Å². The average Bonchev–Trinajstić information content (AvgIpc) is 2.74. The number of Topliss-reactive ketones (excluding diaryl/α,β-unsaturated/α-hetero) is 1. The second kappa shape index (κ2) is 9.41. The predicted molar refractivity (Wildman–Crippen MR) is 113 cm³/mol. The maximum Gasteiger partial charge on any atom is 0.338 e.